The molecule has 0 amide bonds. The van der Waals surface area contributed by atoms with Crippen molar-refractivity contribution in [1.82, 2.24) is 0 Å². The quantitative estimate of drug-likeness (QED) is 0.503. The zero-order valence-electron chi connectivity index (χ0n) is 6.31. The molecule has 55 valence electrons. The number of carbonyl (C=O) groups excluding carboxylic acids is 1. The van der Waals surface area contributed by atoms with E-state index in [0.717, 1.165) is 0 Å². The van der Waals surface area contributed by atoms with E-state index in [0.29, 0.717) is 12.8 Å². The van der Waals surface area contributed by atoms with Crippen molar-refractivity contribution in [1.29, 1.82) is 0 Å². The van der Waals surface area contributed by atoms with E-state index in [2.05, 4.69) is 0 Å². The van der Waals surface area contributed by atoms with Crippen LogP contribution >= 0.6 is 0 Å². The molecule has 0 aromatic rings. The van der Waals surface area contributed by atoms with Crippen LogP contribution in [0.15, 0.2) is 11.8 Å². The van der Waals surface area contributed by atoms with Crippen molar-refractivity contribution < 1.29 is 9.90 Å². The topological polar surface area (TPSA) is 37.0 Å². The molecule has 0 atom stereocenters. The maximum absolute atomic E-state index is 10.8. The third-order valence-corrected chi connectivity index (χ3v) is 1.63. The first-order valence-corrected chi connectivity index (χ1v) is 3.40. The SMILES string of the molecule is CC1(C)CC(=O)C=C([O])C1. The predicted octanol–water partition coefficient (Wildman–Crippen LogP) is 1.69. The normalized spacial score (nSPS) is 24.2. The van der Waals surface area contributed by atoms with Gasteiger partial charge in [-0.3, -0.25) is 9.90 Å². The summed E-state index contributed by atoms with van der Waals surface area (Å²) < 4.78 is 0. The highest BCUT2D eigenvalue weighted by molar-refractivity contribution is 5.91. The van der Waals surface area contributed by atoms with Crippen molar-refractivity contribution in [2.45, 2.75) is 26.7 Å². The molecule has 1 aliphatic rings. The number of carbonyl (C=O) groups is 1. The van der Waals surface area contributed by atoms with E-state index in [-0.39, 0.29) is 17.0 Å². The van der Waals surface area contributed by atoms with Crippen molar-refractivity contribution in [2.75, 3.05) is 0 Å². The maximum Gasteiger partial charge on any atom is 0.159 e. The zero-order chi connectivity index (χ0) is 7.78. The monoisotopic (exact) mass is 139 g/mol. The molecule has 0 saturated carbocycles. The lowest BCUT2D eigenvalue weighted by Gasteiger charge is -2.24. The van der Waals surface area contributed by atoms with E-state index in [9.17, 15) is 9.90 Å². The number of hydrogen-bond acceptors (Lipinski definition) is 1. The lowest BCUT2D eigenvalue weighted by atomic mass is 9.80. The first kappa shape index (κ1) is 7.32. The molecule has 0 unspecified atom stereocenters. The molecule has 0 bridgehead atoms. The van der Waals surface area contributed by atoms with Crippen LogP contribution in [0.5, 0.6) is 0 Å². The van der Waals surface area contributed by atoms with Gasteiger partial charge in [0.25, 0.3) is 0 Å². The summed E-state index contributed by atoms with van der Waals surface area (Å²) >= 11 is 0. The Balaban J connectivity index is 2.80. The zero-order valence-corrected chi connectivity index (χ0v) is 6.31. The standard InChI is InChI=1S/C8H11O2/c1-8(2)4-6(9)3-7(10)5-8/h3H,4-5H2,1-2H3. The lowest BCUT2D eigenvalue weighted by Crippen LogP contribution is -2.21. The Kier molecular flexibility index (Phi) is 1.55. The van der Waals surface area contributed by atoms with Gasteiger partial charge in [-0.15, -0.1) is 0 Å². The Labute approximate surface area is 60.6 Å². The molecule has 0 fully saturated rings. The van der Waals surface area contributed by atoms with Crippen LogP contribution in [-0.4, -0.2) is 5.78 Å². The largest absolute Gasteiger partial charge is 0.295 e. The van der Waals surface area contributed by atoms with Crippen molar-refractivity contribution >= 4 is 5.78 Å². The van der Waals surface area contributed by atoms with Gasteiger partial charge in [0.1, 0.15) is 0 Å². The van der Waals surface area contributed by atoms with Gasteiger partial charge in [-0.1, -0.05) is 13.8 Å². The van der Waals surface area contributed by atoms with Crippen LogP contribution in [0.1, 0.15) is 26.7 Å². The first-order valence-electron chi connectivity index (χ1n) is 3.40. The highest BCUT2D eigenvalue weighted by Gasteiger charge is 2.27. The first-order chi connectivity index (χ1) is 4.49. The molecule has 0 aliphatic heterocycles. The third kappa shape index (κ3) is 1.59. The fourth-order valence-corrected chi connectivity index (χ4v) is 1.29. The molecule has 10 heavy (non-hydrogen) atoms. The minimum Gasteiger partial charge on any atom is -0.295 e. The van der Waals surface area contributed by atoms with Crippen LogP contribution in [0.25, 0.3) is 0 Å². The van der Waals surface area contributed by atoms with Gasteiger partial charge in [0, 0.05) is 18.9 Å². The molecule has 0 heterocycles. The molecule has 1 aliphatic carbocycles. The third-order valence-electron chi connectivity index (χ3n) is 1.63. The van der Waals surface area contributed by atoms with E-state index in [1.807, 2.05) is 13.8 Å². The van der Waals surface area contributed by atoms with Crippen LogP contribution in [-0.2, 0) is 9.90 Å². The lowest BCUT2D eigenvalue weighted by molar-refractivity contribution is -0.117. The molecule has 0 aromatic carbocycles. The molecular formula is C8H11O2. The molecular weight excluding hydrogens is 128 g/mol. The average molecular weight is 139 g/mol. The summed E-state index contributed by atoms with van der Waals surface area (Å²) in [6.45, 7) is 3.88. The number of rotatable bonds is 0. The van der Waals surface area contributed by atoms with Gasteiger partial charge >= 0.3 is 0 Å². The summed E-state index contributed by atoms with van der Waals surface area (Å²) in [5, 5.41) is 10.8. The summed E-state index contributed by atoms with van der Waals surface area (Å²) in [6, 6.07) is 0. The Morgan fingerprint density at radius 3 is 2.40 bits per heavy atom. The van der Waals surface area contributed by atoms with E-state index >= 15 is 0 Å². The van der Waals surface area contributed by atoms with E-state index in [4.69, 9.17) is 0 Å². The van der Waals surface area contributed by atoms with Crippen LogP contribution in [0.4, 0.5) is 0 Å². The molecule has 2 heteroatoms. The molecule has 0 saturated heterocycles. The number of allylic oxidation sites excluding steroid dienone is 2. The molecule has 1 rings (SSSR count). The second kappa shape index (κ2) is 2.11. The fraction of sp³-hybridized carbons (Fsp3) is 0.625. The second-order valence-corrected chi connectivity index (χ2v) is 3.59. The molecule has 0 aromatic heterocycles. The van der Waals surface area contributed by atoms with Gasteiger partial charge in [-0.25, -0.2) is 0 Å². The summed E-state index contributed by atoms with van der Waals surface area (Å²) in [5.41, 5.74) is -0.108. The summed E-state index contributed by atoms with van der Waals surface area (Å²) in [6.07, 6.45) is 2.24. The molecule has 0 spiro atoms. The van der Waals surface area contributed by atoms with Crippen LogP contribution in [0.2, 0.25) is 0 Å². The van der Waals surface area contributed by atoms with E-state index in [1.54, 1.807) is 0 Å². The van der Waals surface area contributed by atoms with E-state index in [1.165, 1.54) is 6.08 Å². The predicted molar refractivity (Wildman–Crippen MR) is 36.8 cm³/mol. The minimum absolute atomic E-state index is 0.0266. The van der Waals surface area contributed by atoms with Gasteiger partial charge in [0.2, 0.25) is 0 Å². The molecule has 0 N–H and O–H groups in total. The summed E-state index contributed by atoms with van der Waals surface area (Å²) in [4.78, 5) is 10.8. The number of hydrogen-bond donors (Lipinski definition) is 0. The Bertz CT molecular complexity index is 189. The maximum atomic E-state index is 10.8. The number of ketones is 1. The minimum atomic E-state index is -0.108. The van der Waals surface area contributed by atoms with Crippen molar-refractivity contribution in [3.8, 4) is 0 Å². The smallest absolute Gasteiger partial charge is 0.159 e. The molecule has 1 radical (unpaired) electrons. The fourth-order valence-electron chi connectivity index (χ4n) is 1.29. The highest BCUT2D eigenvalue weighted by atomic mass is 16.3. The summed E-state index contributed by atoms with van der Waals surface area (Å²) in [5.74, 6) is -0.0532. The van der Waals surface area contributed by atoms with Crippen LogP contribution < -0.4 is 0 Å². The van der Waals surface area contributed by atoms with E-state index < -0.39 is 0 Å². The van der Waals surface area contributed by atoms with Crippen molar-refractivity contribution in [2.24, 2.45) is 5.41 Å². The Morgan fingerprint density at radius 1 is 1.40 bits per heavy atom. The van der Waals surface area contributed by atoms with Crippen LogP contribution in [0.3, 0.4) is 0 Å². The Morgan fingerprint density at radius 2 is 2.00 bits per heavy atom. The highest BCUT2D eigenvalue weighted by Crippen LogP contribution is 2.32. The van der Waals surface area contributed by atoms with Gasteiger partial charge in [0.05, 0.1) is 0 Å². The van der Waals surface area contributed by atoms with Gasteiger partial charge in [0.15, 0.2) is 11.5 Å². The van der Waals surface area contributed by atoms with Crippen molar-refractivity contribution in [3.05, 3.63) is 11.8 Å². The molecule has 2 nitrogen and oxygen atoms in total. The average Bonchev–Trinajstić information content (AvgIpc) is 1.54. The van der Waals surface area contributed by atoms with Crippen molar-refractivity contribution in [3.63, 3.8) is 0 Å². The van der Waals surface area contributed by atoms with Gasteiger partial charge in [-0.2, -0.15) is 0 Å². The summed E-state index contributed by atoms with van der Waals surface area (Å²) in [7, 11) is 0. The van der Waals surface area contributed by atoms with Crippen LogP contribution in [0, 0.1) is 5.41 Å². The second-order valence-electron chi connectivity index (χ2n) is 3.59. The van der Waals surface area contributed by atoms with Gasteiger partial charge in [-0.05, 0) is 5.41 Å². The Hall–Kier alpha value is -0.790. The van der Waals surface area contributed by atoms with Gasteiger partial charge < -0.3 is 0 Å².